The number of nitrogens with one attached hydrogen (secondary N) is 1. The highest BCUT2D eigenvalue weighted by Gasteiger charge is 2.37. The largest absolute Gasteiger partial charge is 0.392 e. The second-order valence-electron chi connectivity index (χ2n) is 5.41. The third-order valence-corrected chi connectivity index (χ3v) is 7.34. The zero-order valence-corrected chi connectivity index (χ0v) is 14.5. The number of hydrogen-bond acceptors (Lipinski definition) is 4. The number of aliphatic hydroxyl groups excluding tert-OH is 1. The second kappa shape index (κ2) is 6.46. The van der Waals surface area contributed by atoms with Gasteiger partial charge in [-0.05, 0) is 49.3 Å². The van der Waals surface area contributed by atoms with Crippen LogP contribution in [-0.2, 0) is 16.6 Å². The van der Waals surface area contributed by atoms with Gasteiger partial charge in [-0.25, -0.2) is 13.1 Å². The van der Waals surface area contributed by atoms with Crippen molar-refractivity contribution in [3.05, 3.63) is 28.3 Å². The highest BCUT2D eigenvalue weighted by atomic mass is 35.5. The van der Waals surface area contributed by atoms with Gasteiger partial charge in [0.05, 0.1) is 11.5 Å². The number of aliphatic hydroxyl groups is 1. The molecule has 4 nitrogen and oxygen atoms in total. The van der Waals surface area contributed by atoms with E-state index in [1.165, 1.54) is 6.07 Å². The summed E-state index contributed by atoms with van der Waals surface area (Å²) in [5.41, 5.74) is 1.08. The molecular formula is C14H20ClNO3S2. The van der Waals surface area contributed by atoms with Crippen LogP contribution in [-0.4, -0.2) is 31.1 Å². The van der Waals surface area contributed by atoms with Crippen LogP contribution in [0.2, 0.25) is 5.02 Å². The van der Waals surface area contributed by atoms with Crippen LogP contribution in [0.15, 0.2) is 17.0 Å². The summed E-state index contributed by atoms with van der Waals surface area (Å²) < 4.78 is 27.8. The van der Waals surface area contributed by atoms with Crippen molar-refractivity contribution in [2.45, 2.75) is 42.4 Å². The van der Waals surface area contributed by atoms with Crippen molar-refractivity contribution >= 4 is 33.4 Å². The molecule has 0 unspecified atom stereocenters. The highest BCUT2D eigenvalue weighted by Crippen LogP contribution is 2.42. The first-order valence-electron chi connectivity index (χ1n) is 6.78. The summed E-state index contributed by atoms with van der Waals surface area (Å²) in [6.45, 7) is 1.88. The van der Waals surface area contributed by atoms with Crippen molar-refractivity contribution in [2.24, 2.45) is 0 Å². The monoisotopic (exact) mass is 349 g/mol. The molecule has 118 valence electrons. The Morgan fingerprint density at radius 1 is 1.43 bits per heavy atom. The van der Waals surface area contributed by atoms with E-state index in [-0.39, 0.29) is 16.2 Å². The lowest BCUT2D eigenvalue weighted by atomic mass is 9.84. The zero-order chi connectivity index (χ0) is 15.7. The molecule has 0 saturated heterocycles. The Morgan fingerprint density at radius 3 is 2.57 bits per heavy atom. The molecule has 21 heavy (non-hydrogen) atoms. The lowest BCUT2D eigenvalue weighted by Gasteiger charge is -2.40. The Morgan fingerprint density at radius 2 is 2.10 bits per heavy atom. The number of sulfonamides is 1. The summed E-state index contributed by atoms with van der Waals surface area (Å²) >= 11 is 7.67. The van der Waals surface area contributed by atoms with E-state index in [4.69, 9.17) is 11.6 Å². The lowest BCUT2D eigenvalue weighted by molar-refractivity contribution is 0.280. The fourth-order valence-corrected chi connectivity index (χ4v) is 5.23. The van der Waals surface area contributed by atoms with Gasteiger partial charge in [-0.3, -0.25) is 0 Å². The van der Waals surface area contributed by atoms with Crippen LogP contribution in [0.1, 0.15) is 30.4 Å². The SMILES string of the molecule is CSC1(CNS(=O)(=O)c2cc(Cl)cc(CO)c2C)CCC1. The molecule has 2 N–H and O–H groups in total. The molecule has 2 rings (SSSR count). The minimum Gasteiger partial charge on any atom is -0.392 e. The molecule has 0 radical (unpaired) electrons. The summed E-state index contributed by atoms with van der Waals surface area (Å²) in [6.07, 6.45) is 5.23. The molecule has 0 bridgehead atoms. The van der Waals surface area contributed by atoms with Crippen molar-refractivity contribution in [2.75, 3.05) is 12.8 Å². The summed E-state index contributed by atoms with van der Waals surface area (Å²) in [6, 6.07) is 3.02. The molecule has 1 saturated carbocycles. The van der Waals surface area contributed by atoms with Gasteiger partial charge in [0, 0.05) is 16.3 Å². The molecule has 1 aliphatic carbocycles. The quantitative estimate of drug-likeness (QED) is 0.828. The van der Waals surface area contributed by atoms with Crippen LogP contribution in [0.5, 0.6) is 0 Å². The molecule has 1 aliphatic rings. The summed E-state index contributed by atoms with van der Waals surface area (Å²) in [4.78, 5) is 0.148. The second-order valence-corrected chi connectivity index (χ2v) is 8.86. The van der Waals surface area contributed by atoms with Gasteiger partial charge >= 0.3 is 0 Å². The predicted molar refractivity (Wildman–Crippen MR) is 87.4 cm³/mol. The Labute approximate surface area is 135 Å². The van der Waals surface area contributed by atoms with Crippen molar-refractivity contribution in [3.63, 3.8) is 0 Å². The number of halogens is 1. The van der Waals surface area contributed by atoms with Gasteiger partial charge in [0.1, 0.15) is 0 Å². The third-order valence-electron chi connectivity index (χ3n) is 4.17. The van der Waals surface area contributed by atoms with Gasteiger partial charge in [-0.2, -0.15) is 11.8 Å². The normalized spacial score (nSPS) is 17.5. The van der Waals surface area contributed by atoms with Crippen LogP contribution in [0.25, 0.3) is 0 Å². The summed E-state index contributed by atoms with van der Waals surface area (Å²) in [5, 5.41) is 9.61. The van der Waals surface area contributed by atoms with Gasteiger partial charge in [0.2, 0.25) is 10.0 Å². The van der Waals surface area contributed by atoms with Crippen LogP contribution in [0, 0.1) is 6.92 Å². The lowest BCUT2D eigenvalue weighted by Crippen LogP contribution is -2.45. The topological polar surface area (TPSA) is 66.4 Å². The molecule has 0 aromatic heterocycles. The molecular weight excluding hydrogens is 330 g/mol. The Balaban J connectivity index is 2.25. The van der Waals surface area contributed by atoms with Crippen LogP contribution < -0.4 is 4.72 Å². The first-order valence-corrected chi connectivity index (χ1v) is 9.87. The molecule has 0 heterocycles. The summed E-state index contributed by atoms with van der Waals surface area (Å²) in [7, 11) is -3.62. The molecule has 1 aromatic rings. The van der Waals surface area contributed by atoms with Crippen LogP contribution in [0.4, 0.5) is 0 Å². The van der Waals surface area contributed by atoms with Crippen molar-refractivity contribution in [1.82, 2.24) is 4.72 Å². The number of rotatable bonds is 6. The van der Waals surface area contributed by atoms with Crippen molar-refractivity contribution in [1.29, 1.82) is 0 Å². The number of benzene rings is 1. The van der Waals surface area contributed by atoms with E-state index in [1.54, 1.807) is 24.8 Å². The summed E-state index contributed by atoms with van der Waals surface area (Å²) in [5.74, 6) is 0. The van der Waals surface area contributed by atoms with Gasteiger partial charge in [-0.1, -0.05) is 18.0 Å². The maximum absolute atomic E-state index is 12.5. The van der Waals surface area contributed by atoms with Crippen molar-refractivity contribution in [3.8, 4) is 0 Å². The Hall–Kier alpha value is -0.270. The van der Waals surface area contributed by atoms with Gasteiger partial charge < -0.3 is 5.11 Å². The predicted octanol–water partition coefficient (Wildman–Crippen LogP) is 2.70. The number of thioether (sulfide) groups is 1. The molecule has 0 aliphatic heterocycles. The van der Waals surface area contributed by atoms with E-state index in [9.17, 15) is 13.5 Å². The highest BCUT2D eigenvalue weighted by molar-refractivity contribution is 8.00. The molecule has 0 amide bonds. The van der Waals surface area contributed by atoms with Gasteiger partial charge in [0.25, 0.3) is 0 Å². The van der Waals surface area contributed by atoms with E-state index >= 15 is 0 Å². The van der Waals surface area contributed by atoms with E-state index in [2.05, 4.69) is 4.72 Å². The molecule has 7 heteroatoms. The minimum atomic E-state index is -3.62. The number of hydrogen-bond donors (Lipinski definition) is 2. The van der Waals surface area contributed by atoms with E-state index in [0.717, 1.165) is 19.3 Å². The van der Waals surface area contributed by atoms with Crippen LogP contribution >= 0.6 is 23.4 Å². The third kappa shape index (κ3) is 3.56. The first kappa shape index (κ1) is 17.1. The smallest absolute Gasteiger partial charge is 0.240 e. The van der Waals surface area contributed by atoms with E-state index in [1.807, 2.05) is 6.26 Å². The maximum Gasteiger partial charge on any atom is 0.240 e. The van der Waals surface area contributed by atoms with E-state index < -0.39 is 10.0 Å². The average Bonchev–Trinajstić information content (AvgIpc) is 2.40. The average molecular weight is 350 g/mol. The van der Waals surface area contributed by atoms with Crippen LogP contribution in [0.3, 0.4) is 0 Å². The zero-order valence-electron chi connectivity index (χ0n) is 12.1. The maximum atomic E-state index is 12.5. The molecule has 1 fully saturated rings. The van der Waals surface area contributed by atoms with E-state index in [0.29, 0.717) is 22.7 Å². The fraction of sp³-hybridized carbons (Fsp3) is 0.571. The standard InChI is InChI=1S/C14H20ClNO3S2/c1-10-11(8-17)6-12(15)7-13(10)21(18,19)16-9-14(20-2)4-3-5-14/h6-7,16-17H,3-5,8-9H2,1-2H3. The minimum absolute atomic E-state index is 0.0271. The molecule has 1 aromatic carbocycles. The van der Waals surface area contributed by atoms with Gasteiger partial charge in [0.15, 0.2) is 0 Å². The molecule has 0 spiro atoms. The van der Waals surface area contributed by atoms with Crippen molar-refractivity contribution < 1.29 is 13.5 Å². The molecule has 0 atom stereocenters. The fourth-order valence-electron chi connectivity index (χ4n) is 2.48. The first-order chi connectivity index (χ1) is 9.83. The Kier molecular flexibility index (Phi) is 5.26. The van der Waals surface area contributed by atoms with Gasteiger partial charge in [-0.15, -0.1) is 0 Å². The Bertz CT molecular complexity index is 622.